The first-order chi connectivity index (χ1) is 15.1. The van der Waals surface area contributed by atoms with Gasteiger partial charge >= 0.3 is 17.1 Å². The maximum atomic E-state index is 6.48. The van der Waals surface area contributed by atoms with E-state index in [1.807, 2.05) is 36.4 Å². The second kappa shape index (κ2) is 9.54. The largest absolute Gasteiger partial charge is 0.435 e. The molecule has 0 saturated carbocycles. The Bertz CT molecular complexity index is 853. The maximum Gasteiger partial charge on any atom is 0.321 e. The summed E-state index contributed by atoms with van der Waals surface area (Å²) in [6.45, 7) is 16.3. The van der Waals surface area contributed by atoms with Gasteiger partial charge in [0.2, 0.25) is 0 Å². The number of rotatable bonds is 5. The lowest BCUT2D eigenvalue weighted by Crippen LogP contribution is -2.36. The molecule has 2 unspecified atom stereocenters. The molecule has 0 radical (unpaired) electrons. The highest BCUT2D eigenvalue weighted by atomic mass is 31.2. The summed E-state index contributed by atoms with van der Waals surface area (Å²) in [5.74, 6) is 1.61. The van der Waals surface area contributed by atoms with Crippen LogP contribution in [0.1, 0.15) is 41.5 Å². The lowest BCUT2D eigenvalue weighted by Gasteiger charge is -2.34. The van der Waals surface area contributed by atoms with Gasteiger partial charge in [0.05, 0.1) is 13.2 Å². The van der Waals surface area contributed by atoms with Gasteiger partial charge in [-0.25, -0.2) is 9.34 Å². The van der Waals surface area contributed by atoms with Gasteiger partial charge < -0.3 is 18.1 Å². The van der Waals surface area contributed by atoms with E-state index >= 15 is 0 Å². The molecule has 2 aliphatic rings. The fourth-order valence-electron chi connectivity index (χ4n) is 3.73. The Morgan fingerprint density at radius 2 is 1.03 bits per heavy atom. The fourth-order valence-corrected chi connectivity index (χ4v) is 6.91. The van der Waals surface area contributed by atoms with Gasteiger partial charge in [-0.2, -0.15) is 0 Å². The molecule has 0 amide bonds. The first kappa shape index (κ1) is 23.9. The van der Waals surface area contributed by atoms with Crippen LogP contribution in [0.25, 0.3) is 11.1 Å². The van der Waals surface area contributed by atoms with Crippen molar-refractivity contribution in [2.24, 2.45) is 0 Å². The molecule has 4 rings (SSSR count). The third-order valence-electron chi connectivity index (χ3n) is 5.37. The van der Waals surface area contributed by atoms with Crippen LogP contribution >= 0.6 is 17.1 Å². The second-order valence-electron chi connectivity index (χ2n) is 9.90. The molecule has 174 valence electrons. The normalized spacial score (nSPS) is 22.9. The third-order valence-corrected chi connectivity index (χ3v) is 9.27. The summed E-state index contributed by atoms with van der Waals surface area (Å²) < 4.78 is 29.5. The molecule has 0 aromatic heterocycles. The van der Waals surface area contributed by atoms with E-state index in [2.05, 4.69) is 63.0 Å². The van der Waals surface area contributed by atoms with Gasteiger partial charge in [0, 0.05) is 35.3 Å². The minimum Gasteiger partial charge on any atom is -0.435 e. The van der Waals surface area contributed by atoms with Gasteiger partial charge in [-0.1, -0.05) is 36.4 Å². The Hall–Kier alpha value is -1.26. The smallest absolute Gasteiger partial charge is 0.321 e. The Morgan fingerprint density at radius 3 is 1.41 bits per heavy atom. The van der Waals surface area contributed by atoms with Crippen molar-refractivity contribution in [3.05, 3.63) is 48.5 Å². The van der Waals surface area contributed by atoms with Gasteiger partial charge in [-0.3, -0.25) is 0 Å². The Labute approximate surface area is 194 Å². The lowest BCUT2D eigenvalue weighted by molar-refractivity contribution is 0.268. The number of benzene rings is 2. The first-order valence-corrected chi connectivity index (χ1v) is 13.4. The van der Waals surface area contributed by atoms with Crippen molar-refractivity contribution in [2.45, 2.75) is 52.6 Å². The molecule has 2 heterocycles. The van der Waals surface area contributed by atoms with Gasteiger partial charge in [0.25, 0.3) is 0 Å². The highest BCUT2D eigenvalue weighted by Crippen LogP contribution is 2.55. The van der Waals surface area contributed by atoms with Crippen LogP contribution in [-0.2, 0) is 9.05 Å². The minimum atomic E-state index is -1.16. The van der Waals surface area contributed by atoms with Crippen molar-refractivity contribution < 1.29 is 18.1 Å². The van der Waals surface area contributed by atoms with Crippen molar-refractivity contribution in [3.8, 4) is 22.6 Å². The molecule has 0 bridgehead atoms. The summed E-state index contributed by atoms with van der Waals surface area (Å²) >= 11 is 0. The predicted molar refractivity (Wildman–Crippen MR) is 132 cm³/mol. The van der Waals surface area contributed by atoms with Crippen LogP contribution < -0.4 is 9.05 Å². The highest BCUT2D eigenvalue weighted by Gasteiger charge is 2.39. The van der Waals surface area contributed by atoms with E-state index < -0.39 is 17.1 Å². The molecule has 0 N–H and O–H groups in total. The Kier molecular flexibility index (Phi) is 7.12. The van der Waals surface area contributed by atoms with E-state index in [1.165, 1.54) is 0 Å². The second-order valence-corrected chi connectivity index (χ2v) is 12.7. The molecular weight excluding hydrogens is 442 g/mol. The first-order valence-electron chi connectivity index (χ1n) is 11.1. The summed E-state index contributed by atoms with van der Waals surface area (Å²) in [7, 11) is -2.32. The summed E-state index contributed by atoms with van der Waals surface area (Å²) in [5, 5.41) is 0. The minimum absolute atomic E-state index is 0.0169. The number of hydrogen-bond donors (Lipinski definition) is 0. The van der Waals surface area contributed by atoms with Crippen LogP contribution in [0.2, 0.25) is 0 Å². The van der Waals surface area contributed by atoms with E-state index in [4.69, 9.17) is 18.1 Å². The molecule has 2 fully saturated rings. The van der Waals surface area contributed by atoms with Crippen molar-refractivity contribution >= 4 is 17.1 Å². The van der Waals surface area contributed by atoms with E-state index in [0.717, 1.165) is 35.7 Å². The molecule has 2 aliphatic heterocycles. The average molecular weight is 476 g/mol. The van der Waals surface area contributed by atoms with Gasteiger partial charge in [0.15, 0.2) is 0 Å². The van der Waals surface area contributed by atoms with E-state index in [9.17, 15) is 0 Å². The molecule has 2 aromatic carbocycles. The van der Waals surface area contributed by atoms with Crippen LogP contribution in [0.3, 0.4) is 0 Å². The number of hydrogen-bond acceptors (Lipinski definition) is 6. The number of para-hydroxylation sites is 2. The molecule has 2 saturated heterocycles. The molecular formula is C24H34N2O4P2. The predicted octanol–water partition coefficient (Wildman–Crippen LogP) is 6.83. The Morgan fingerprint density at radius 1 is 0.656 bits per heavy atom. The quantitative estimate of drug-likeness (QED) is 0.441. The Balaban J connectivity index is 1.62. The summed E-state index contributed by atoms with van der Waals surface area (Å²) in [6, 6.07) is 16.2. The zero-order valence-electron chi connectivity index (χ0n) is 19.9. The van der Waals surface area contributed by atoms with E-state index in [-0.39, 0.29) is 11.1 Å². The summed E-state index contributed by atoms with van der Waals surface area (Å²) in [6.07, 6.45) is 0. The molecule has 8 heteroatoms. The molecule has 2 aromatic rings. The zero-order chi connectivity index (χ0) is 22.9. The van der Waals surface area contributed by atoms with Gasteiger partial charge in [-0.15, -0.1) is 0 Å². The van der Waals surface area contributed by atoms with Gasteiger partial charge in [-0.05, 0) is 53.7 Å². The van der Waals surface area contributed by atoms with Crippen LogP contribution in [0.5, 0.6) is 11.5 Å². The van der Waals surface area contributed by atoms with Crippen molar-refractivity contribution in [3.63, 3.8) is 0 Å². The summed E-state index contributed by atoms with van der Waals surface area (Å²) in [4.78, 5) is 0. The molecule has 0 aliphatic carbocycles. The summed E-state index contributed by atoms with van der Waals surface area (Å²) in [5.41, 5.74) is 1.95. The lowest BCUT2D eigenvalue weighted by atomic mass is 10.0. The average Bonchev–Trinajstić information content (AvgIpc) is 3.38. The maximum absolute atomic E-state index is 6.48. The van der Waals surface area contributed by atoms with Crippen LogP contribution in [-0.4, -0.2) is 46.7 Å². The standard InChI is InChI=1S/C24H34N2O4P2/c1-23(2,3)25-15-17-27-31(25)29-21-13-9-7-11-19(21)20-12-8-10-14-22(20)30-32-26(16-18-28-32)24(4,5)6/h7-14H,15-18H2,1-6H3. The van der Waals surface area contributed by atoms with Crippen LogP contribution in [0.15, 0.2) is 48.5 Å². The van der Waals surface area contributed by atoms with Crippen molar-refractivity contribution in [1.82, 2.24) is 9.34 Å². The topological polar surface area (TPSA) is 43.4 Å². The zero-order valence-corrected chi connectivity index (χ0v) is 21.7. The molecule has 2 atom stereocenters. The SMILES string of the molecule is CC(C)(C)N1CCOP1Oc1ccccc1-c1ccccc1OP1OCCN1C(C)(C)C. The monoisotopic (exact) mass is 476 g/mol. The third kappa shape index (κ3) is 5.28. The van der Waals surface area contributed by atoms with Crippen molar-refractivity contribution in [2.75, 3.05) is 26.3 Å². The molecule has 32 heavy (non-hydrogen) atoms. The molecule has 0 spiro atoms. The van der Waals surface area contributed by atoms with Crippen LogP contribution in [0.4, 0.5) is 0 Å². The highest BCUT2D eigenvalue weighted by molar-refractivity contribution is 7.45. The van der Waals surface area contributed by atoms with E-state index in [0.29, 0.717) is 13.2 Å². The van der Waals surface area contributed by atoms with E-state index in [1.54, 1.807) is 0 Å². The van der Waals surface area contributed by atoms with Gasteiger partial charge in [0.1, 0.15) is 11.5 Å². The van der Waals surface area contributed by atoms with Crippen molar-refractivity contribution in [1.29, 1.82) is 0 Å². The fraction of sp³-hybridized carbons (Fsp3) is 0.500. The molecule has 6 nitrogen and oxygen atoms in total. The number of nitrogens with zero attached hydrogens (tertiary/aromatic N) is 2. The van der Waals surface area contributed by atoms with Crippen LogP contribution in [0, 0.1) is 0 Å².